The van der Waals surface area contributed by atoms with Crippen molar-refractivity contribution in [2.75, 3.05) is 0 Å². The fourth-order valence-corrected chi connectivity index (χ4v) is 13.2. The monoisotopic (exact) mass is 692 g/mol. The molecule has 54 heavy (non-hydrogen) atoms. The Bertz CT molecular complexity index is 2960. The maximum Gasteiger partial charge on any atom is 0.136 e. The first-order chi connectivity index (χ1) is 26.7. The molecule has 1 heteroatoms. The third kappa shape index (κ3) is 3.90. The van der Waals surface area contributed by atoms with Crippen molar-refractivity contribution < 1.29 is 4.42 Å². The summed E-state index contributed by atoms with van der Waals surface area (Å²) in [5.74, 6) is 3.22. The molecule has 9 aromatic rings. The molecule has 14 rings (SSSR count). The van der Waals surface area contributed by atoms with Crippen molar-refractivity contribution in [3.63, 3.8) is 0 Å². The third-order valence-electron chi connectivity index (χ3n) is 14.5. The molecule has 0 saturated heterocycles. The highest BCUT2D eigenvalue weighted by Gasteiger charge is 2.56. The first-order valence-corrected chi connectivity index (χ1v) is 20.2. The van der Waals surface area contributed by atoms with E-state index in [9.17, 15) is 0 Å². The van der Waals surface area contributed by atoms with Gasteiger partial charge in [0, 0.05) is 16.7 Å². The van der Waals surface area contributed by atoms with Gasteiger partial charge >= 0.3 is 0 Å². The van der Waals surface area contributed by atoms with Gasteiger partial charge in [0.05, 0.1) is 0 Å². The molecule has 1 nitrogen and oxygen atoms in total. The highest BCUT2D eigenvalue weighted by atomic mass is 16.3. The molecule has 1 aromatic heterocycles. The van der Waals surface area contributed by atoms with Gasteiger partial charge in [-0.15, -0.1) is 0 Å². The first-order valence-electron chi connectivity index (χ1n) is 20.2. The maximum atomic E-state index is 6.43. The van der Waals surface area contributed by atoms with Gasteiger partial charge in [0.25, 0.3) is 0 Å². The molecule has 4 saturated carbocycles. The van der Waals surface area contributed by atoms with E-state index in [0.29, 0.717) is 11.3 Å². The SMILES string of the molecule is c1ccc2c(c1)-c1ccc3c(-c4c5ccccc5c(-c5cccc6oc7ccccc7c56)c5ccccc45)cccc3c1C2C12CC3CC(CC(C3)C1)C2. The van der Waals surface area contributed by atoms with E-state index in [-0.39, 0.29) is 0 Å². The quantitative estimate of drug-likeness (QED) is 0.168. The van der Waals surface area contributed by atoms with Crippen molar-refractivity contribution in [3.8, 4) is 33.4 Å². The van der Waals surface area contributed by atoms with Crippen LogP contribution in [0.2, 0.25) is 0 Å². The average molecular weight is 693 g/mol. The lowest BCUT2D eigenvalue weighted by Crippen LogP contribution is -2.48. The minimum absolute atomic E-state index is 0.375. The van der Waals surface area contributed by atoms with Crippen LogP contribution in [0, 0.1) is 23.2 Å². The van der Waals surface area contributed by atoms with Crippen LogP contribution in [-0.4, -0.2) is 0 Å². The Morgan fingerprint density at radius 2 is 0.907 bits per heavy atom. The second-order valence-corrected chi connectivity index (χ2v) is 17.3. The van der Waals surface area contributed by atoms with E-state index in [1.807, 2.05) is 0 Å². The summed E-state index contributed by atoms with van der Waals surface area (Å²) < 4.78 is 6.43. The summed E-state index contributed by atoms with van der Waals surface area (Å²) in [6.45, 7) is 0. The summed E-state index contributed by atoms with van der Waals surface area (Å²) in [7, 11) is 0. The van der Waals surface area contributed by atoms with Crippen molar-refractivity contribution in [1.29, 1.82) is 0 Å². The number of rotatable bonds is 3. The summed E-state index contributed by atoms with van der Waals surface area (Å²) in [6, 6.07) is 54.9. The molecule has 0 amide bonds. The molecule has 4 fully saturated rings. The van der Waals surface area contributed by atoms with Crippen molar-refractivity contribution in [2.24, 2.45) is 23.2 Å². The Balaban J connectivity index is 1.09. The predicted octanol–water partition coefficient (Wildman–Crippen LogP) is 14.7. The number of hydrogen-bond donors (Lipinski definition) is 0. The van der Waals surface area contributed by atoms with E-state index in [4.69, 9.17) is 4.42 Å². The molecule has 258 valence electrons. The van der Waals surface area contributed by atoms with Crippen LogP contribution < -0.4 is 0 Å². The van der Waals surface area contributed by atoms with Crippen LogP contribution in [0.1, 0.15) is 55.6 Å². The Labute approximate surface area is 315 Å². The molecule has 1 atom stereocenters. The van der Waals surface area contributed by atoms with Crippen LogP contribution in [0.5, 0.6) is 0 Å². The van der Waals surface area contributed by atoms with Gasteiger partial charge in [-0.1, -0.05) is 133 Å². The van der Waals surface area contributed by atoms with Gasteiger partial charge < -0.3 is 4.42 Å². The van der Waals surface area contributed by atoms with Gasteiger partial charge in [0.2, 0.25) is 0 Å². The zero-order valence-corrected chi connectivity index (χ0v) is 30.3. The molecule has 5 aliphatic rings. The molecule has 1 heterocycles. The van der Waals surface area contributed by atoms with E-state index in [1.165, 1.54) is 110 Å². The molecular formula is C53H40O. The fourth-order valence-electron chi connectivity index (χ4n) is 13.2. The highest BCUT2D eigenvalue weighted by molar-refractivity contribution is 6.27. The number of para-hydroxylation sites is 1. The first kappa shape index (κ1) is 29.8. The molecule has 0 radical (unpaired) electrons. The Hall–Kier alpha value is -5.66. The number of fused-ring (bicyclic) bond motifs is 10. The van der Waals surface area contributed by atoms with E-state index in [2.05, 4.69) is 146 Å². The lowest BCUT2D eigenvalue weighted by molar-refractivity contribution is -0.0610. The largest absolute Gasteiger partial charge is 0.456 e. The second-order valence-electron chi connectivity index (χ2n) is 17.3. The molecule has 1 unspecified atom stereocenters. The molecule has 0 spiro atoms. The van der Waals surface area contributed by atoms with Gasteiger partial charge in [-0.2, -0.15) is 0 Å². The highest BCUT2D eigenvalue weighted by Crippen LogP contribution is 2.69. The fraction of sp³-hybridized carbons (Fsp3) is 0.208. The van der Waals surface area contributed by atoms with Crippen molar-refractivity contribution >= 4 is 54.3 Å². The van der Waals surface area contributed by atoms with Gasteiger partial charge in [-0.05, 0) is 151 Å². The zero-order chi connectivity index (χ0) is 35.1. The van der Waals surface area contributed by atoms with Gasteiger partial charge in [0.15, 0.2) is 0 Å². The Kier molecular flexibility index (Phi) is 5.91. The third-order valence-corrected chi connectivity index (χ3v) is 14.5. The van der Waals surface area contributed by atoms with Crippen molar-refractivity contribution in [2.45, 2.75) is 44.4 Å². The summed E-state index contributed by atoms with van der Waals surface area (Å²) in [5, 5.41) is 10.3. The Morgan fingerprint density at radius 1 is 0.389 bits per heavy atom. The second kappa shape index (κ2) is 10.7. The summed E-state index contributed by atoms with van der Waals surface area (Å²) >= 11 is 0. The van der Waals surface area contributed by atoms with Crippen LogP contribution in [0.3, 0.4) is 0 Å². The van der Waals surface area contributed by atoms with E-state index < -0.39 is 0 Å². The van der Waals surface area contributed by atoms with Gasteiger partial charge in [-0.25, -0.2) is 0 Å². The van der Waals surface area contributed by atoms with Crippen LogP contribution >= 0.6 is 0 Å². The molecular weight excluding hydrogens is 653 g/mol. The summed E-state index contributed by atoms with van der Waals surface area (Å²) in [6.07, 6.45) is 8.64. The maximum absolute atomic E-state index is 6.43. The lowest BCUT2D eigenvalue weighted by Gasteiger charge is -2.59. The van der Waals surface area contributed by atoms with E-state index >= 15 is 0 Å². The van der Waals surface area contributed by atoms with E-state index in [0.717, 1.165) is 34.3 Å². The predicted molar refractivity (Wildman–Crippen MR) is 225 cm³/mol. The van der Waals surface area contributed by atoms with Crippen LogP contribution in [0.4, 0.5) is 0 Å². The molecule has 5 aliphatic carbocycles. The summed E-state index contributed by atoms with van der Waals surface area (Å²) in [5.41, 5.74) is 13.6. The minimum Gasteiger partial charge on any atom is -0.456 e. The van der Waals surface area contributed by atoms with Gasteiger partial charge in [-0.3, -0.25) is 0 Å². The topological polar surface area (TPSA) is 13.1 Å². The smallest absolute Gasteiger partial charge is 0.136 e. The number of benzene rings is 8. The van der Waals surface area contributed by atoms with Crippen LogP contribution in [0.25, 0.3) is 87.6 Å². The zero-order valence-electron chi connectivity index (χ0n) is 30.3. The molecule has 0 N–H and O–H groups in total. The number of hydrogen-bond acceptors (Lipinski definition) is 1. The standard InChI is InChI=1S/C53H40O/c1-6-16-43-34(11-1)42-24-23-35-36(18-9-19-37(35)51(42)52(43)53-28-31-25-32(29-53)27-33(26-31)30-53)48-38-12-2-4-14-40(38)49(41-15-5-3-13-39(41)48)45-20-10-22-47-50(45)44-17-7-8-21-46(44)54-47/h1-24,31-33,52H,25-30H2. The molecule has 0 aliphatic heterocycles. The Morgan fingerprint density at radius 3 is 1.61 bits per heavy atom. The minimum atomic E-state index is 0.375. The number of furan rings is 1. The molecule has 8 aromatic carbocycles. The van der Waals surface area contributed by atoms with E-state index in [1.54, 1.807) is 11.1 Å². The van der Waals surface area contributed by atoms with Crippen molar-refractivity contribution in [3.05, 3.63) is 157 Å². The van der Waals surface area contributed by atoms with Crippen LogP contribution in [-0.2, 0) is 0 Å². The van der Waals surface area contributed by atoms with Crippen molar-refractivity contribution in [1.82, 2.24) is 0 Å². The van der Waals surface area contributed by atoms with Crippen LogP contribution in [0.15, 0.2) is 150 Å². The normalized spacial score (nSPS) is 23.9. The molecule has 4 bridgehead atoms. The lowest BCUT2D eigenvalue weighted by atomic mass is 9.45. The van der Waals surface area contributed by atoms with Gasteiger partial charge in [0.1, 0.15) is 11.2 Å². The average Bonchev–Trinajstić information content (AvgIpc) is 3.76. The summed E-state index contributed by atoms with van der Waals surface area (Å²) in [4.78, 5) is 0.